The van der Waals surface area contributed by atoms with Crippen LogP contribution in [0.1, 0.15) is 35.1 Å². The number of benzene rings is 2. The normalized spacial score (nSPS) is 16.1. The number of nitrogens with one attached hydrogen (secondary N) is 2. The third-order valence-electron chi connectivity index (χ3n) is 7.12. The zero-order valence-electron chi connectivity index (χ0n) is 23.4. The minimum absolute atomic E-state index is 0.0475. The van der Waals surface area contributed by atoms with Gasteiger partial charge in [-0.15, -0.1) is 0 Å². The predicted octanol–water partition coefficient (Wildman–Crippen LogP) is 3.97. The number of Topliss-reactive ketones (excluding diaryl/α,β-unsaturated/α-hetero) is 1. The molecule has 0 bridgehead atoms. The van der Waals surface area contributed by atoms with Crippen molar-refractivity contribution in [1.82, 2.24) is 30.1 Å². The molecular weight excluding hydrogens is 598 g/mol. The molecular formula is C30H27ClF2N6O5. The second kappa shape index (κ2) is 13.2. The zero-order chi connectivity index (χ0) is 31.4. The number of likely N-dealkylation sites (tertiary alicyclic amines) is 1. The zero-order valence-corrected chi connectivity index (χ0v) is 24.2. The number of aromatic nitrogens is 3. The van der Waals surface area contributed by atoms with Gasteiger partial charge in [-0.05, 0) is 37.3 Å². The van der Waals surface area contributed by atoms with Gasteiger partial charge < -0.3 is 24.8 Å². The van der Waals surface area contributed by atoms with Crippen molar-refractivity contribution in [1.29, 1.82) is 0 Å². The molecule has 5 rings (SSSR count). The first kappa shape index (κ1) is 30.5. The first-order chi connectivity index (χ1) is 21.1. The highest BCUT2D eigenvalue weighted by atomic mass is 35.5. The lowest BCUT2D eigenvalue weighted by Crippen LogP contribution is -2.46. The van der Waals surface area contributed by atoms with E-state index in [-0.39, 0.29) is 60.3 Å². The molecule has 0 spiro atoms. The van der Waals surface area contributed by atoms with Gasteiger partial charge in [0.2, 0.25) is 11.8 Å². The smallest absolute Gasteiger partial charge is 0.410 e. The van der Waals surface area contributed by atoms with Crippen LogP contribution in [0, 0.1) is 5.82 Å². The van der Waals surface area contributed by atoms with Gasteiger partial charge in [-0.2, -0.15) is 0 Å². The molecule has 228 valence electrons. The van der Waals surface area contributed by atoms with E-state index < -0.39 is 35.9 Å². The lowest BCUT2D eigenvalue weighted by molar-refractivity contribution is -0.139. The second-order valence-electron chi connectivity index (χ2n) is 10.1. The maximum absolute atomic E-state index is 14.5. The fraction of sp³-hybridized carbons (Fsp3) is 0.267. The molecule has 2 aromatic carbocycles. The van der Waals surface area contributed by atoms with E-state index >= 15 is 0 Å². The molecule has 44 heavy (non-hydrogen) atoms. The van der Waals surface area contributed by atoms with Crippen LogP contribution < -0.4 is 15.4 Å². The summed E-state index contributed by atoms with van der Waals surface area (Å²) in [6.45, 7) is 0.640. The molecule has 2 N–H and O–H groups in total. The highest BCUT2D eigenvalue weighted by Crippen LogP contribution is 2.28. The Labute approximate surface area is 255 Å². The number of nitrogens with zero attached hydrogens (tertiary/aromatic N) is 4. The molecule has 11 nitrogen and oxygen atoms in total. The fourth-order valence-electron chi connectivity index (χ4n) is 5.00. The summed E-state index contributed by atoms with van der Waals surface area (Å²) in [7, 11) is 0. The molecule has 2 atom stereocenters. The predicted molar refractivity (Wildman–Crippen MR) is 155 cm³/mol. The van der Waals surface area contributed by atoms with Crippen molar-refractivity contribution in [2.45, 2.75) is 45.2 Å². The van der Waals surface area contributed by atoms with Crippen molar-refractivity contribution in [2.24, 2.45) is 0 Å². The van der Waals surface area contributed by atoms with Crippen LogP contribution in [0.2, 0.25) is 5.02 Å². The number of alkyl halides is 1. The average molecular weight is 625 g/mol. The third-order valence-corrected chi connectivity index (χ3v) is 7.41. The molecule has 3 heterocycles. The highest BCUT2D eigenvalue weighted by Gasteiger charge is 2.39. The van der Waals surface area contributed by atoms with Crippen molar-refractivity contribution < 1.29 is 32.7 Å². The van der Waals surface area contributed by atoms with E-state index in [0.717, 1.165) is 4.90 Å². The van der Waals surface area contributed by atoms with Gasteiger partial charge in [0.1, 0.15) is 36.1 Å². The van der Waals surface area contributed by atoms with E-state index in [1.54, 1.807) is 24.5 Å². The topological polar surface area (TPSA) is 136 Å². The van der Waals surface area contributed by atoms with Gasteiger partial charge in [0.15, 0.2) is 5.78 Å². The van der Waals surface area contributed by atoms with Crippen molar-refractivity contribution in [3.05, 3.63) is 88.8 Å². The Morgan fingerprint density at radius 2 is 1.84 bits per heavy atom. The minimum atomic E-state index is -1.42. The van der Waals surface area contributed by atoms with Crippen molar-refractivity contribution in [3.63, 3.8) is 0 Å². The third kappa shape index (κ3) is 6.83. The van der Waals surface area contributed by atoms with Gasteiger partial charge in [-0.25, -0.2) is 23.5 Å². The van der Waals surface area contributed by atoms with E-state index in [0.29, 0.717) is 16.7 Å². The van der Waals surface area contributed by atoms with Gasteiger partial charge >= 0.3 is 6.09 Å². The molecule has 0 saturated carbocycles. The monoisotopic (exact) mass is 624 g/mol. The van der Waals surface area contributed by atoms with Crippen molar-refractivity contribution >= 4 is 46.2 Å². The van der Waals surface area contributed by atoms with Crippen molar-refractivity contribution in [3.8, 4) is 5.75 Å². The number of carbonyl (C=O) groups is 4. The SMILES string of the molecule is CC(=O)c1cn(CC(=O)N2C[C@H](F)C[C@H]2C(=O)NCc2cccc(Cl)c2F)c2ccc(OC(=O)NCc3ncccn3)cc12. The average Bonchev–Trinajstić information content (AvgIpc) is 3.57. The van der Waals surface area contributed by atoms with Crippen LogP contribution in [0.25, 0.3) is 10.9 Å². The summed E-state index contributed by atoms with van der Waals surface area (Å²) >= 11 is 5.80. The Hall–Kier alpha value is -4.91. The molecule has 2 aromatic heterocycles. The van der Waals surface area contributed by atoms with E-state index in [1.807, 2.05) is 0 Å². The van der Waals surface area contributed by atoms with E-state index in [9.17, 15) is 28.0 Å². The van der Waals surface area contributed by atoms with Crippen LogP contribution in [-0.4, -0.2) is 61.9 Å². The molecule has 1 aliphatic heterocycles. The van der Waals surface area contributed by atoms with Crippen LogP contribution in [0.3, 0.4) is 0 Å². The van der Waals surface area contributed by atoms with Crippen LogP contribution in [0.4, 0.5) is 13.6 Å². The van der Waals surface area contributed by atoms with Gasteiger partial charge in [-0.1, -0.05) is 23.7 Å². The number of halogens is 3. The standard InChI is InChI=1S/C30H27ClF2N6O5/c1-17(40)22-15-38(24-7-6-20(11-21(22)24)44-30(43)37-13-26-34-8-3-9-35-26)16-27(41)39-14-19(32)10-25(39)29(42)36-12-18-4-2-5-23(31)28(18)33/h2-9,11,15,19,25H,10,12-14,16H2,1H3,(H,36,42)(H,37,43)/t19-,25+/m1/s1. The maximum Gasteiger partial charge on any atom is 0.412 e. The van der Waals surface area contributed by atoms with Crippen LogP contribution in [-0.2, 0) is 29.2 Å². The molecule has 1 saturated heterocycles. The largest absolute Gasteiger partial charge is 0.412 e. The van der Waals surface area contributed by atoms with Crippen LogP contribution >= 0.6 is 11.6 Å². The maximum atomic E-state index is 14.5. The molecule has 0 aliphatic carbocycles. The summed E-state index contributed by atoms with van der Waals surface area (Å²) in [5.41, 5.74) is 0.918. The van der Waals surface area contributed by atoms with Crippen LogP contribution in [0.15, 0.2) is 61.1 Å². The molecule has 1 fully saturated rings. The summed E-state index contributed by atoms with van der Waals surface area (Å²) in [5, 5.41) is 5.44. The van der Waals surface area contributed by atoms with E-state index in [1.165, 1.54) is 48.0 Å². The van der Waals surface area contributed by atoms with E-state index in [4.69, 9.17) is 16.3 Å². The molecule has 3 amide bonds. The molecule has 0 radical (unpaired) electrons. The number of ether oxygens (including phenoxy) is 1. The quantitative estimate of drug-likeness (QED) is 0.269. The molecule has 14 heteroatoms. The fourth-order valence-corrected chi connectivity index (χ4v) is 5.19. The first-order valence-corrected chi connectivity index (χ1v) is 14.0. The summed E-state index contributed by atoms with van der Waals surface area (Å²) in [6, 6.07) is 9.52. The summed E-state index contributed by atoms with van der Waals surface area (Å²) < 4.78 is 35.6. The number of fused-ring (bicyclic) bond motifs is 1. The Morgan fingerprint density at radius 3 is 2.59 bits per heavy atom. The summed E-state index contributed by atoms with van der Waals surface area (Å²) in [4.78, 5) is 60.3. The van der Waals surface area contributed by atoms with E-state index in [2.05, 4.69) is 20.6 Å². The van der Waals surface area contributed by atoms with Crippen LogP contribution in [0.5, 0.6) is 5.75 Å². The number of ketones is 1. The summed E-state index contributed by atoms with van der Waals surface area (Å²) in [5.74, 6) is -1.59. The molecule has 4 aromatic rings. The number of rotatable bonds is 9. The van der Waals surface area contributed by atoms with Gasteiger partial charge in [0.25, 0.3) is 0 Å². The lowest BCUT2D eigenvalue weighted by Gasteiger charge is -2.24. The minimum Gasteiger partial charge on any atom is -0.410 e. The van der Waals surface area contributed by atoms with Gasteiger partial charge in [0.05, 0.1) is 18.1 Å². The van der Waals surface area contributed by atoms with Crippen molar-refractivity contribution in [2.75, 3.05) is 6.54 Å². The first-order valence-electron chi connectivity index (χ1n) is 13.6. The Kier molecular flexibility index (Phi) is 9.14. The highest BCUT2D eigenvalue weighted by molar-refractivity contribution is 6.30. The number of amides is 3. The lowest BCUT2D eigenvalue weighted by atomic mass is 10.1. The summed E-state index contributed by atoms with van der Waals surface area (Å²) in [6.07, 6.45) is 2.18. The molecule has 0 unspecified atom stereocenters. The second-order valence-corrected chi connectivity index (χ2v) is 10.5. The van der Waals surface area contributed by atoms with Gasteiger partial charge in [-0.3, -0.25) is 14.4 Å². The number of hydrogen-bond acceptors (Lipinski definition) is 7. The number of hydrogen-bond donors (Lipinski definition) is 2. The Bertz CT molecular complexity index is 1730. The number of carbonyl (C=O) groups excluding carboxylic acids is 4. The van der Waals surface area contributed by atoms with Gasteiger partial charge in [0, 0.05) is 53.6 Å². The Balaban J connectivity index is 1.28. The Morgan fingerprint density at radius 1 is 1.07 bits per heavy atom. The molecule has 1 aliphatic rings.